The van der Waals surface area contributed by atoms with E-state index in [4.69, 9.17) is 5.21 Å². The van der Waals surface area contributed by atoms with Gasteiger partial charge in [0.2, 0.25) is 0 Å². The average molecular weight is 313 g/mol. The number of piperidine rings is 1. The predicted octanol–water partition coefficient (Wildman–Crippen LogP) is 1.97. The first kappa shape index (κ1) is 15.2. The lowest BCUT2D eigenvalue weighted by atomic mass is 9.93. The highest BCUT2D eigenvalue weighted by Crippen LogP contribution is 2.24. The molecule has 1 aliphatic rings. The Morgan fingerprint density at radius 3 is 2.78 bits per heavy atom. The van der Waals surface area contributed by atoms with Crippen molar-refractivity contribution in [3.05, 3.63) is 42.2 Å². The largest absolute Gasteiger partial charge is 0.411 e. The van der Waals surface area contributed by atoms with E-state index < -0.39 is 0 Å². The van der Waals surface area contributed by atoms with Crippen molar-refractivity contribution in [1.29, 1.82) is 0 Å². The standard InChI is InChI=1S/C16H19N5O2/c1-12-6-7-13(10-19-23)11-20(12)16(22)14-4-2-3-5-15(14)21-17-8-9-18-21/h2-5,8-10,12-13,23H,6-7,11H2,1H3/b19-10+/t12-,13+/m1/s1. The van der Waals surface area contributed by atoms with E-state index in [-0.39, 0.29) is 17.9 Å². The minimum atomic E-state index is -0.0542. The molecule has 1 aliphatic heterocycles. The first-order chi connectivity index (χ1) is 11.2. The highest BCUT2D eigenvalue weighted by molar-refractivity contribution is 5.98. The number of nitrogens with zero attached hydrogens (tertiary/aromatic N) is 5. The van der Waals surface area contributed by atoms with E-state index in [9.17, 15) is 4.79 Å². The van der Waals surface area contributed by atoms with Crippen LogP contribution < -0.4 is 0 Å². The van der Waals surface area contributed by atoms with Crippen LogP contribution in [0.25, 0.3) is 5.69 Å². The maximum Gasteiger partial charge on any atom is 0.256 e. The lowest BCUT2D eigenvalue weighted by molar-refractivity contribution is 0.0604. The first-order valence-electron chi connectivity index (χ1n) is 7.65. The Morgan fingerprint density at radius 2 is 2.04 bits per heavy atom. The topological polar surface area (TPSA) is 83.6 Å². The molecule has 23 heavy (non-hydrogen) atoms. The van der Waals surface area contributed by atoms with E-state index in [1.54, 1.807) is 18.5 Å². The van der Waals surface area contributed by atoms with Gasteiger partial charge in [-0.2, -0.15) is 15.0 Å². The van der Waals surface area contributed by atoms with Crippen molar-refractivity contribution in [2.45, 2.75) is 25.8 Å². The summed E-state index contributed by atoms with van der Waals surface area (Å²) in [4.78, 5) is 16.3. The lowest BCUT2D eigenvalue weighted by Crippen LogP contribution is -2.46. The Kier molecular flexibility index (Phi) is 4.36. The van der Waals surface area contributed by atoms with Crippen LogP contribution in [0.15, 0.2) is 41.8 Å². The predicted molar refractivity (Wildman–Crippen MR) is 84.9 cm³/mol. The minimum Gasteiger partial charge on any atom is -0.411 e. The first-order valence-corrected chi connectivity index (χ1v) is 7.65. The van der Waals surface area contributed by atoms with Crippen molar-refractivity contribution < 1.29 is 10.0 Å². The van der Waals surface area contributed by atoms with Crippen LogP contribution in [0, 0.1) is 5.92 Å². The van der Waals surface area contributed by atoms with Gasteiger partial charge in [0.1, 0.15) is 0 Å². The molecule has 2 atom stereocenters. The maximum atomic E-state index is 13.0. The van der Waals surface area contributed by atoms with Crippen LogP contribution in [-0.4, -0.2) is 49.8 Å². The number of rotatable bonds is 3. The van der Waals surface area contributed by atoms with Gasteiger partial charge in [0, 0.05) is 24.7 Å². The number of amides is 1. The van der Waals surface area contributed by atoms with Gasteiger partial charge in [-0.25, -0.2) is 0 Å². The highest BCUT2D eigenvalue weighted by Gasteiger charge is 2.30. The zero-order chi connectivity index (χ0) is 16.2. The van der Waals surface area contributed by atoms with Crippen LogP contribution in [-0.2, 0) is 0 Å². The molecule has 0 radical (unpaired) electrons. The zero-order valence-electron chi connectivity index (χ0n) is 12.9. The summed E-state index contributed by atoms with van der Waals surface area (Å²) in [5, 5.41) is 20.1. The molecule has 1 amide bonds. The van der Waals surface area contributed by atoms with Gasteiger partial charge in [-0.05, 0) is 31.9 Å². The van der Waals surface area contributed by atoms with Gasteiger partial charge in [0.25, 0.3) is 5.91 Å². The molecule has 0 unspecified atom stereocenters. The molecule has 0 spiro atoms. The average Bonchev–Trinajstić information content (AvgIpc) is 3.10. The number of hydrogen-bond acceptors (Lipinski definition) is 5. The van der Waals surface area contributed by atoms with Crippen LogP contribution in [0.2, 0.25) is 0 Å². The number of hydrogen-bond donors (Lipinski definition) is 1. The smallest absolute Gasteiger partial charge is 0.256 e. The fraction of sp³-hybridized carbons (Fsp3) is 0.375. The van der Waals surface area contributed by atoms with Gasteiger partial charge >= 0.3 is 0 Å². The number of benzene rings is 1. The molecule has 1 fully saturated rings. The minimum absolute atomic E-state index is 0.0542. The fourth-order valence-electron chi connectivity index (χ4n) is 2.96. The monoisotopic (exact) mass is 313 g/mol. The number of oxime groups is 1. The van der Waals surface area contributed by atoms with Crippen LogP contribution in [0.4, 0.5) is 0 Å². The number of likely N-dealkylation sites (tertiary alicyclic amines) is 1. The van der Waals surface area contributed by atoms with Crippen LogP contribution in [0.3, 0.4) is 0 Å². The molecule has 1 aromatic carbocycles. The second-order valence-corrected chi connectivity index (χ2v) is 5.74. The van der Waals surface area contributed by atoms with E-state index in [1.807, 2.05) is 30.0 Å². The molecule has 1 saturated heterocycles. The zero-order valence-corrected chi connectivity index (χ0v) is 12.9. The molecule has 3 rings (SSSR count). The third kappa shape index (κ3) is 3.08. The summed E-state index contributed by atoms with van der Waals surface area (Å²) >= 11 is 0. The molecule has 7 heteroatoms. The molecular weight excluding hydrogens is 294 g/mol. The third-order valence-electron chi connectivity index (χ3n) is 4.23. The van der Waals surface area contributed by atoms with Crippen LogP contribution >= 0.6 is 0 Å². The molecule has 1 N–H and O–H groups in total. The number of carbonyl (C=O) groups is 1. The Balaban J connectivity index is 1.91. The van der Waals surface area contributed by atoms with Gasteiger partial charge < -0.3 is 10.1 Å². The molecule has 7 nitrogen and oxygen atoms in total. The van der Waals surface area contributed by atoms with Gasteiger partial charge in [-0.3, -0.25) is 4.79 Å². The summed E-state index contributed by atoms with van der Waals surface area (Å²) < 4.78 is 0. The molecule has 2 aromatic rings. The van der Waals surface area contributed by atoms with Crippen molar-refractivity contribution in [1.82, 2.24) is 19.9 Å². The van der Waals surface area contributed by atoms with Crippen LogP contribution in [0.1, 0.15) is 30.1 Å². The van der Waals surface area contributed by atoms with Crippen molar-refractivity contribution >= 4 is 12.1 Å². The summed E-state index contributed by atoms with van der Waals surface area (Å²) in [6.45, 7) is 2.59. The Labute approximate surface area is 134 Å². The van der Waals surface area contributed by atoms with Crippen LogP contribution in [0.5, 0.6) is 0 Å². The molecule has 0 bridgehead atoms. The van der Waals surface area contributed by atoms with E-state index in [1.165, 1.54) is 11.0 Å². The lowest BCUT2D eigenvalue weighted by Gasteiger charge is -2.37. The van der Waals surface area contributed by atoms with E-state index >= 15 is 0 Å². The Hall–Kier alpha value is -2.70. The second-order valence-electron chi connectivity index (χ2n) is 5.74. The SMILES string of the molecule is C[C@@H]1CC[C@@H](/C=N/O)CN1C(=O)c1ccccc1-n1nccn1. The molecule has 1 aromatic heterocycles. The molecular formula is C16H19N5O2. The Morgan fingerprint density at radius 1 is 1.30 bits per heavy atom. The third-order valence-corrected chi connectivity index (χ3v) is 4.23. The van der Waals surface area contributed by atoms with Gasteiger partial charge in [-0.15, -0.1) is 5.16 Å². The molecule has 0 saturated carbocycles. The summed E-state index contributed by atoms with van der Waals surface area (Å²) in [6.07, 6.45) is 6.46. The van der Waals surface area contributed by atoms with Gasteiger partial charge in [0.05, 0.1) is 23.6 Å². The quantitative estimate of drug-likeness (QED) is 0.533. The van der Waals surface area contributed by atoms with E-state index in [2.05, 4.69) is 15.4 Å². The fourth-order valence-corrected chi connectivity index (χ4v) is 2.96. The summed E-state index contributed by atoms with van der Waals surface area (Å²) in [5.41, 5.74) is 1.23. The van der Waals surface area contributed by atoms with E-state index in [0.29, 0.717) is 17.8 Å². The molecule has 120 valence electrons. The number of aromatic nitrogens is 3. The number of para-hydroxylation sites is 1. The van der Waals surface area contributed by atoms with Crippen molar-refractivity contribution in [2.24, 2.45) is 11.1 Å². The molecule has 0 aliphatic carbocycles. The van der Waals surface area contributed by atoms with Gasteiger partial charge in [-0.1, -0.05) is 12.1 Å². The van der Waals surface area contributed by atoms with Crippen molar-refractivity contribution in [2.75, 3.05) is 6.54 Å². The molecule has 2 heterocycles. The second kappa shape index (κ2) is 6.60. The van der Waals surface area contributed by atoms with Crippen molar-refractivity contribution in [3.8, 4) is 5.69 Å². The summed E-state index contributed by atoms with van der Waals surface area (Å²) in [7, 11) is 0. The summed E-state index contributed by atoms with van der Waals surface area (Å²) in [6, 6.07) is 7.45. The normalized spacial score (nSPS) is 21.7. The maximum absolute atomic E-state index is 13.0. The number of carbonyl (C=O) groups excluding carboxylic acids is 1. The van der Waals surface area contributed by atoms with Gasteiger partial charge in [0.15, 0.2) is 0 Å². The Bertz CT molecular complexity index is 698. The van der Waals surface area contributed by atoms with E-state index in [0.717, 1.165) is 12.8 Å². The summed E-state index contributed by atoms with van der Waals surface area (Å²) in [5.74, 6) is 0.0246. The van der Waals surface area contributed by atoms with Crippen molar-refractivity contribution in [3.63, 3.8) is 0 Å². The highest BCUT2D eigenvalue weighted by atomic mass is 16.4.